The minimum atomic E-state index is -3.51. The zero-order valence-corrected chi connectivity index (χ0v) is 17.0. The van der Waals surface area contributed by atoms with Gasteiger partial charge in [0.15, 0.2) is 0 Å². The standard InChI is InChI=1S/C20H27N3O4S/c1-15-6-8-16(9-7-15)28(26,27)22-12-10-21(11-13-22)14-23-19(24)17-4-2-3-5-18(17)20(23)25/h6-9,17-18H,2-5,10-14H2,1H3/t17-,18+. The first kappa shape index (κ1) is 19.5. The molecule has 2 saturated heterocycles. The molecule has 2 amide bonds. The Hall–Kier alpha value is -1.77. The third-order valence-electron chi connectivity index (χ3n) is 6.26. The Morgan fingerprint density at radius 3 is 1.96 bits per heavy atom. The van der Waals surface area contributed by atoms with Crippen molar-refractivity contribution >= 4 is 21.8 Å². The van der Waals surface area contributed by atoms with Crippen LogP contribution < -0.4 is 0 Å². The molecule has 2 aliphatic heterocycles. The Labute approximate surface area is 166 Å². The van der Waals surface area contributed by atoms with E-state index in [2.05, 4.69) is 0 Å². The van der Waals surface area contributed by atoms with Crippen LogP contribution in [-0.2, 0) is 19.6 Å². The summed E-state index contributed by atoms with van der Waals surface area (Å²) in [6.45, 7) is 3.95. The number of amides is 2. The molecule has 1 aromatic carbocycles. The quantitative estimate of drug-likeness (QED) is 0.709. The Morgan fingerprint density at radius 1 is 0.893 bits per heavy atom. The molecule has 0 bridgehead atoms. The molecule has 3 aliphatic rings. The lowest BCUT2D eigenvalue weighted by molar-refractivity contribution is -0.142. The number of hydrogen-bond acceptors (Lipinski definition) is 5. The zero-order chi connectivity index (χ0) is 19.9. The number of aryl methyl sites for hydroxylation is 1. The SMILES string of the molecule is Cc1ccc(S(=O)(=O)N2CCN(CN3C(=O)[C@H]4CCCC[C@H]4C3=O)CC2)cc1. The number of likely N-dealkylation sites (tertiary alicyclic amines) is 1. The molecule has 0 unspecified atom stereocenters. The van der Waals surface area contributed by atoms with Gasteiger partial charge in [0.1, 0.15) is 0 Å². The Morgan fingerprint density at radius 2 is 1.43 bits per heavy atom. The second-order valence-corrected chi connectivity index (χ2v) is 10.0. The van der Waals surface area contributed by atoms with Crippen molar-refractivity contribution in [3.8, 4) is 0 Å². The summed E-state index contributed by atoms with van der Waals surface area (Å²) in [5, 5.41) is 0. The van der Waals surface area contributed by atoms with Crippen LogP contribution in [0, 0.1) is 18.8 Å². The van der Waals surface area contributed by atoms with Crippen molar-refractivity contribution in [2.24, 2.45) is 11.8 Å². The van der Waals surface area contributed by atoms with Crippen molar-refractivity contribution in [2.75, 3.05) is 32.8 Å². The van der Waals surface area contributed by atoms with E-state index in [1.165, 1.54) is 9.21 Å². The summed E-state index contributed by atoms with van der Waals surface area (Å²) in [6, 6.07) is 6.88. The van der Waals surface area contributed by atoms with E-state index in [9.17, 15) is 18.0 Å². The van der Waals surface area contributed by atoms with E-state index < -0.39 is 10.0 Å². The van der Waals surface area contributed by atoms with Crippen molar-refractivity contribution in [1.82, 2.24) is 14.1 Å². The summed E-state index contributed by atoms with van der Waals surface area (Å²) in [5.41, 5.74) is 1.02. The summed E-state index contributed by atoms with van der Waals surface area (Å²) in [5.74, 6) is -0.345. The van der Waals surface area contributed by atoms with E-state index in [-0.39, 0.29) is 30.3 Å². The van der Waals surface area contributed by atoms with Crippen LogP contribution in [0.1, 0.15) is 31.2 Å². The van der Waals surface area contributed by atoms with Gasteiger partial charge in [-0.2, -0.15) is 4.31 Å². The number of rotatable bonds is 4. The highest BCUT2D eigenvalue weighted by Gasteiger charge is 2.48. The smallest absolute Gasteiger partial charge is 0.243 e. The molecule has 7 nitrogen and oxygen atoms in total. The fourth-order valence-corrected chi connectivity index (χ4v) is 5.96. The molecule has 2 heterocycles. The van der Waals surface area contributed by atoms with Gasteiger partial charge in [-0.05, 0) is 31.9 Å². The van der Waals surface area contributed by atoms with Gasteiger partial charge in [0.05, 0.1) is 23.4 Å². The zero-order valence-electron chi connectivity index (χ0n) is 16.2. The van der Waals surface area contributed by atoms with Crippen LogP contribution >= 0.6 is 0 Å². The van der Waals surface area contributed by atoms with E-state index in [1.807, 2.05) is 11.8 Å². The van der Waals surface area contributed by atoms with Crippen molar-refractivity contribution in [2.45, 2.75) is 37.5 Å². The van der Waals surface area contributed by atoms with Gasteiger partial charge in [0.25, 0.3) is 0 Å². The van der Waals surface area contributed by atoms with Crippen LogP contribution in [0.3, 0.4) is 0 Å². The summed E-state index contributed by atoms with van der Waals surface area (Å²) < 4.78 is 27.1. The summed E-state index contributed by atoms with van der Waals surface area (Å²) in [6.07, 6.45) is 3.66. The third kappa shape index (κ3) is 3.49. The number of carbonyl (C=O) groups excluding carboxylic acids is 2. The van der Waals surface area contributed by atoms with Gasteiger partial charge in [0.2, 0.25) is 21.8 Å². The van der Waals surface area contributed by atoms with E-state index in [4.69, 9.17) is 0 Å². The largest absolute Gasteiger partial charge is 0.283 e. The number of carbonyl (C=O) groups is 2. The van der Waals surface area contributed by atoms with Crippen LogP contribution in [0.5, 0.6) is 0 Å². The van der Waals surface area contributed by atoms with Gasteiger partial charge < -0.3 is 0 Å². The minimum absolute atomic E-state index is 0.0376. The number of hydrogen-bond donors (Lipinski definition) is 0. The Balaban J connectivity index is 1.37. The second-order valence-electron chi connectivity index (χ2n) is 8.08. The lowest BCUT2D eigenvalue weighted by Crippen LogP contribution is -2.52. The van der Waals surface area contributed by atoms with Crippen LogP contribution in [-0.4, -0.2) is 67.2 Å². The molecule has 0 radical (unpaired) electrons. The van der Waals surface area contributed by atoms with Crippen LogP contribution in [0.25, 0.3) is 0 Å². The average Bonchev–Trinajstić information content (AvgIpc) is 2.94. The van der Waals surface area contributed by atoms with Crippen LogP contribution in [0.2, 0.25) is 0 Å². The molecule has 8 heteroatoms. The molecular formula is C20H27N3O4S. The number of benzene rings is 1. The number of nitrogens with zero attached hydrogens (tertiary/aromatic N) is 3. The predicted molar refractivity (Wildman–Crippen MR) is 104 cm³/mol. The second kappa shape index (κ2) is 7.57. The molecule has 152 valence electrons. The maximum Gasteiger partial charge on any atom is 0.243 e. The van der Waals surface area contributed by atoms with Crippen molar-refractivity contribution < 1.29 is 18.0 Å². The molecule has 1 saturated carbocycles. The highest BCUT2D eigenvalue weighted by atomic mass is 32.2. The molecule has 0 N–H and O–H groups in total. The van der Waals surface area contributed by atoms with Crippen LogP contribution in [0.4, 0.5) is 0 Å². The van der Waals surface area contributed by atoms with Gasteiger partial charge >= 0.3 is 0 Å². The number of piperazine rings is 1. The average molecular weight is 406 g/mol. The maximum absolute atomic E-state index is 12.8. The van der Waals surface area contributed by atoms with Crippen LogP contribution in [0.15, 0.2) is 29.2 Å². The molecule has 1 aromatic rings. The first-order valence-corrected chi connectivity index (χ1v) is 11.5. The van der Waals surface area contributed by atoms with Gasteiger partial charge in [-0.15, -0.1) is 0 Å². The molecule has 0 spiro atoms. The maximum atomic E-state index is 12.8. The molecule has 3 fully saturated rings. The fourth-order valence-electron chi connectivity index (χ4n) is 4.54. The summed E-state index contributed by atoms with van der Waals surface area (Å²) in [7, 11) is -3.51. The van der Waals surface area contributed by atoms with Gasteiger partial charge in [-0.25, -0.2) is 8.42 Å². The molecule has 1 aliphatic carbocycles. The lowest BCUT2D eigenvalue weighted by atomic mass is 9.81. The normalized spacial score (nSPS) is 27.2. The molecule has 2 atom stereocenters. The summed E-state index contributed by atoms with van der Waals surface area (Å²) >= 11 is 0. The first-order valence-electron chi connectivity index (χ1n) is 10.0. The first-order chi connectivity index (χ1) is 13.4. The highest BCUT2D eigenvalue weighted by molar-refractivity contribution is 7.89. The number of sulfonamides is 1. The van der Waals surface area contributed by atoms with Gasteiger partial charge in [-0.1, -0.05) is 30.5 Å². The van der Waals surface area contributed by atoms with Gasteiger partial charge in [0, 0.05) is 26.2 Å². The summed E-state index contributed by atoms with van der Waals surface area (Å²) in [4.78, 5) is 29.0. The van der Waals surface area contributed by atoms with Crippen molar-refractivity contribution in [1.29, 1.82) is 0 Å². The van der Waals surface area contributed by atoms with Gasteiger partial charge in [-0.3, -0.25) is 19.4 Å². The Bertz CT molecular complexity index is 836. The van der Waals surface area contributed by atoms with E-state index >= 15 is 0 Å². The minimum Gasteiger partial charge on any atom is -0.283 e. The Kier molecular flexibility index (Phi) is 5.28. The molecule has 0 aromatic heterocycles. The van der Waals surface area contributed by atoms with E-state index in [0.29, 0.717) is 31.1 Å². The third-order valence-corrected chi connectivity index (χ3v) is 8.18. The lowest BCUT2D eigenvalue weighted by Gasteiger charge is -2.35. The molecule has 4 rings (SSSR count). The topological polar surface area (TPSA) is 78.0 Å². The fraction of sp³-hybridized carbons (Fsp3) is 0.600. The van der Waals surface area contributed by atoms with Crippen molar-refractivity contribution in [3.05, 3.63) is 29.8 Å². The van der Waals surface area contributed by atoms with E-state index in [0.717, 1.165) is 31.2 Å². The predicted octanol–water partition coefficient (Wildman–Crippen LogP) is 1.43. The number of fused-ring (bicyclic) bond motifs is 1. The van der Waals surface area contributed by atoms with Crippen molar-refractivity contribution in [3.63, 3.8) is 0 Å². The molecular weight excluding hydrogens is 378 g/mol. The highest BCUT2D eigenvalue weighted by Crippen LogP contribution is 2.38. The van der Waals surface area contributed by atoms with E-state index in [1.54, 1.807) is 24.3 Å². The molecule has 28 heavy (non-hydrogen) atoms. The number of imide groups is 1. The monoisotopic (exact) mass is 405 g/mol.